The third kappa shape index (κ3) is 3.02. The standard InChI is InChI=1S/C12H22N2S/c1-6-12(4,5)10(13)7-11-14-8(2)9(3)15-11/h10H,6-7,13H2,1-5H3. The maximum atomic E-state index is 6.22. The van der Waals surface area contributed by atoms with E-state index in [0.717, 1.165) is 18.5 Å². The fourth-order valence-electron chi connectivity index (χ4n) is 1.35. The monoisotopic (exact) mass is 226 g/mol. The Hall–Kier alpha value is -0.410. The lowest BCUT2D eigenvalue weighted by molar-refractivity contribution is 0.272. The van der Waals surface area contributed by atoms with Crippen molar-refractivity contribution in [2.24, 2.45) is 11.1 Å². The second-order valence-corrected chi connectivity index (χ2v) is 6.19. The quantitative estimate of drug-likeness (QED) is 0.857. The molecule has 1 heterocycles. The Balaban J connectivity index is 2.70. The van der Waals surface area contributed by atoms with E-state index in [4.69, 9.17) is 5.73 Å². The molecule has 0 aliphatic carbocycles. The van der Waals surface area contributed by atoms with Crippen molar-refractivity contribution < 1.29 is 0 Å². The first-order chi connectivity index (χ1) is 6.86. The van der Waals surface area contributed by atoms with E-state index < -0.39 is 0 Å². The molecule has 0 aliphatic heterocycles. The van der Waals surface area contributed by atoms with E-state index in [2.05, 4.69) is 39.6 Å². The van der Waals surface area contributed by atoms with E-state index >= 15 is 0 Å². The Morgan fingerprint density at radius 1 is 1.40 bits per heavy atom. The summed E-state index contributed by atoms with van der Waals surface area (Å²) in [7, 11) is 0. The molecule has 2 nitrogen and oxygen atoms in total. The number of nitrogens with zero attached hydrogens (tertiary/aromatic N) is 1. The zero-order valence-corrected chi connectivity index (χ0v) is 11.2. The molecule has 0 fully saturated rings. The first kappa shape index (κ1) is 12.7. The van der Waals surface area contributed by atoms with Gasteiger partial charge in [0, 0.05) is 17.3 Å². The molecule has 0 saturated carbocycles. The van der Waals surface area contributed by atoms with Crippen molar-refractivity contribution in [3.63, 3.8) is 0 Å². The normalized spacial score (nSPS) is 14.3. The second-order valence-electron chi connectivity index (χ2n) is 4.90. The molecular weight excluding hydrogens is 204 g/mol. The maximum Gasteiger partial charge on any atom is 0.0946 e. The van der Waals surface area contributed by atoms with Gasteiger partial charge in [0.1, 0.15) is 0 Å². The average Bonchev–Trinajstić information content (AvgIpc) is 2.46. The molecule has 0 spiro atoms. The Morgan fingerprint density at radius 2 is 2.00 bits per heavy atom. The minimum absolute atomic E-state index is 0.201. The highest BCUT2D eigenvalue weighted by atomic mass is 32.1. The van der Waals surface area contributed by atoms with E-state index in [1.165, 1.54) is 9.88 Å². The Bertz CT molecular complexity index is 309. The number of aryl methyl sites for hydroxylation is 2. The fraction of sp³-hybridized carbons (Fsp3) is 0.750. The molecule has 3 heteroatoms. The van der Waals surface area contributed by atoms with Gasteiger partial charge < -0.3 is 5.73 Å². The zero-order chi connectivity index (χ0) is 11.6. The van der Waals surface area contributed by atoms with Gasteiger partial charge in [0.05, 0.1) is 10.7 Å². The van der Waals surface area contributed by atoms with Crippen molar-refractivity contribution in [2.75, 3.05) is 0 Å². The maximum absolute atomic E-state index is 6.22. The van der Waals surface area contributed by atoms with Crippen LogP contribution in [0.4, 0.5) is 0 Å². The van der Waals surface area contributed by atoms with Gasteiger partial charge in [0.15, 0.2) is 0 Å². The van der Waals surface area contributed by atoms with Gasteiger partial charge in [-0.3, -0.25) is 0 Å². The largest absolute Gasteiger partial charge is 0.327 e. The minimum Gasteiger partial charge on any atom is -0.327 e. The van der Waals surface area contributed by atoms with Crippen LogP contribution in [-0.4, -0.2) is 11.0 Å². The number of thiazole rings is 1. The molecule has 1 aromatic heterocycles. The molecule has 86 valence electrons. The smallest absolute Gasteiger partial charge is 0.0946 e. The van der Waals surface area contributed by atoms with Crippen molar-refractivity contribution in [1.29, 1.82) is 0 Å². The van der Waals surface area contributed by atoms with Crippen LogP contribution in [0, 0.1) is 19.3 Å². The van der Waals surface area contributed by atoms with E-state index in [9.17, 15) is 0 Å². The highest BCUT2D eigenvalue weighted by Crippen LogP contribution is 2.27. The molecule has 0 bridgehead atoms. The van der Waals surface area contributed by atoms with Crippen molar-refractivity contribution in [2.45, 2.75) is 53.5 Å². The summed E-state index contributed by atoms with van der Waals surface area (Å²) in [5, 5.41) is 1.18. The molecule has 0 amide bonds. The minimum atomic E-state index is 0.201. The van der Waals surface area contributed by atoms with E-state index in [1.54, 1.807) is 11.3 Å². The average molecular weight is 226 g/mol. The van der Waals surface area contributed by atoms with Gasteiger partial charge in [-0.2, -0.15) is 0 Å². The van der Waals surface area contributed by atoms with E-state index in [0.29, 0.717) is 0 Å². The number of hydrogen-bond donors (Lipinski definition) is 1. The van der Waals surface area contributed by atoms with E-state index in [1.807, 2.05) is 0 Å². The van der Waals surface area contributed by atoms with Crippen molar-refractivity contribution in [3.05, 3.63) is 15.6 Å². The van der Waals surface area contributed by atoms with Crippen LogP contribution in [-0.2, 0) is 6.42 Å². The second kappa shape index (κ2) is 4.62. The lowest BCUT2D eigenvalue weighted by Gasteiger charge is -2.29. The summed E-state index contributed by atoms with van der Waals surface area (Å²) in [5.41, 5.74) is 7.57. The molecule has 1 atom stereocenters. The lowest BCUT2D eigenvalue weighted by Crippen LogP contribution is -2.38. The molecule has 2 N–H and O–H groups in total. The summed E-state index contributed by atoms with van der Waals surface area (Å²) < 4.78 is 0. The first-order valence-electron chi connectivity index (χ1n) is 5.55. The Labute approximate surface area is 96.9 Å². The van der Waals surface area contributed by atoms with Crippen molar-refractivity contribution in [3.8, 4) is 0 Å². The van der Waals surface area contributed by atoms with Crippen LogP contribution in [0.3, 0.4) is 0 Å². The van der Waals surface area contributed by atoms with Gasteiger partial charge in [-0.05, 0) is 25.7 Å². The van der Waals surface area contributed by atoms with Gasteiger partial charge in [0.25, 0.3) is 0 Å². The van der Waals surface area contributed by atoms with Gasteiger partial charge in [-0.1, -0.05) is 20.8 Å². The van der Waals surface area contributed by atoms with Gasteiger partial charge in [0.2, 0.25) is 0 Å². The summed E-state index contributed by atoms with van der Waals surface area (Å²) in [6.45, 7) is 10.8. The van der Waals surface area contributed by atoms with Crippen molar-refractivity contribution in [1.82, 2.24) is 4.98 Å². The zero-order valence-electron chi connectivity index (χ0n) is 10.4. The van der Waals surface area contributed by atoms with Crippen LogP contribution < -0.4 is 5.73 Å². The topological polar surface area (TPSA) is 38.9 Å². The lowest BCUT2D eigenvalue weighted by atomic mass is 9.81. The Morgan fingerprint density at radius 3 is 2.40 bits per heavy atom. The molecule has 1 unspecified atom stereocenters. The summed E-state index contributed by atoms with van der Waals surface area (Å²) in [6.07, 6.45) is 2.01. The van der Waals surface area contributed by atoms with Gasteiger partial charge in [-0.15, -0.1) is 11.3 Å². The molecular formula is C12H22N2S. The predicted octanol–water partition coefficient (Wildman–Crippen LogP) is 3.07. The summed E-state index contributed by atoms with van der Waals surface area (Å²) in [5.74, 6) is 0. The van der Waals surface area contributed by atoms with Gasteiger partial charge in [-0.25, -0.2) is 4.98 Å². The molecule has 0 aliphatic rings. The summed E-state index contributed by atoms with van der Waals surface area (Å²) in [6, 6.07) is 0.201. The SMILES string of the molecule is CCC(C)(C)C(N)Cc1nc(C)c(C)s1. The molecule has 1 aromatic rings. The summed E-state index contributed by atoms with van der Waals surface area (Å²) >= 11 is 1.78. The van der Waals surface area contributed by atoms with Crippen LogP contribution in [0.5, 0.6) is 0 Å². The molecule has 0 aromatic carbocycles. The van der Waals surface area contributed by atoms with Crippen LogP contribution in [0.1, 0.15) is 42.8 Å². The van der Waals surface area contributed by atoms with Gasteiger partial charge >= 0.3 is 0 Å². The van der Waals surface area contributed by atoms with Crippen LogP contribution in [0.2, 0.25) is 0 Å². The summed E-state index contributed by atoms with van der Waals surface area (Å²) in [4.78, 5) is 5.85. The fourth-order valence-corrected chi connectivity index (χ4v) is 2.35. The van der Waals surface area contributed by atoms with Crippen LogP contribution in [0.25, 0.3) is 0 Å². The first-order valence-corrected chi connectivity index (χ1v) is 6.37. The highest BCUT2D eigenvalue weighted by molar-refractivity contribution is 7.11. The third-order valence-corrected chi connectivity index (χ3v) is 4.48. The van der Waals surface area contributed by atoms with Crippen LogP contribution in [0.15, 0.2) is 0 Å². The molecule has 1 rings (SSSR count). The molecule has 15 heavy (non-hydrogen) atoms. The van der Waals surface area contributed by atoms with Crippen molar-refractivity contribution >= 4 is 11.3 Å². The number of nitrogens with two attached hydrogens (primary N) is 1. The highest BCUT2D eigenvalue weighted by Gasteiger charge is 2.25. The molecule has 0 saturated heterocycles. The number of hydrogen-bond acceptors (Lipinski definition) is 3. The van der Waals surface area contributed by atoms with Crippen LogP contribution >= 0.6 is 11.3 Å². The Kier molecular flexibility index (Phi) is 3.90. The predicted molar refractivity (Wildman–Crippen MR) is 67.3 cm³/mol. The molecule has 0 radical (unpaired) electrons. The van der Waals surface area contributed by atoms with E-state index in [-0.39, 0.29) is 11.5 Å². The third-order valence-electron chi connectivity index (χ3n) is 3.38. The number of rotatable bonds is 4. The number of aromatic nitrogens is 1.